The number of β-amino-alcohol motifs (C(OH)–C–C–N with tert-alkyl or cyclic N) is 1. The number of aliphatic hydroxyl groups is 1. The highest BCUT2D eigenvalue weighted by Crippen LogP contribution is 2.28. The molecule has 0 radical (unpaired) electrons. The second-order valence-electron chi connectivity index (χ2n) is 10.8. The van der Waals surface area contributed by atoms with E-state index in [9.17, 15) is 24.3 Å². The van der Waals surface area contributed by atoms with Crippen LogP contribution in [0.15, 0.2) is 29.8 Å². The first-order chi connectivity index (χ1) is 17.8. The highest BCUT2D eigenvalue weighted by Gasteiger charge is 2.44. The number of carbonyl (C=O) groups excluding carboxylic acids is 4. The molecule has 1 fully saturated rings. The maximum absolute atomic E-state index is 13.6. The Balaban J connectivity index is 1.68. The predicted octanol–water partition coefficient (Wildman–Crippen LogP) is 1.75. The molecule has 0 bridgehead atoms. The quantitative estimate of drug-likeness (QED) is 0.400. The van der Waals surface area contributed by atoms with Crippen molar-refractivity contribution < 1.29 is 24.3 Å². The Morgan fingerprint density at radius 1 is 1.16 bits per heavy atom. The van der Waals surface area contributed by atoms with E-state index in [1.54, 1.807) is 37.6 Å². The highest BCUT2D eigenvalue weighted by molar-refractivity contribution is 7.13. The zero-order valence-corrected chi connectivity index (χ0v) is 23.5. The molecule has 0 spiro atoms. The van der Waals surface area contributed by atoms with Gasteiger partial charge in [0.1, 0.15) is 18.1 Å². The van der Waals surface area contributed by atoms with Gasteiger partial charge in [-0.2, -0.15) is 0 Å². The lowest BCUT2D eigenvalue weighted by molar-refractivity contribution is -0.144. The summed E-state index contributed by atoms with van der Waals surface area (Å²) in [6, 6.07) is 5.16. The molecule has 11 heteroatoms. The molecule has 0 saturated carbocycles. The first kappa shape index (κ1) is 29.2. The minimum Gasteiger partial charge on any atom is -0.391 e. The maximum Gasteiger partial charge on any atom is 0.246 e. The van der Waals surface area contributed by atoms with Gasteiger partial charge >= 0.3 is 0 Å². The lowest BCUT2D eigenvalue weighted by atomic mass is 9.85. The van der Waals surface area contributed by atoms with Gasteiger partial charge in [0, 0.05) is 26.4 Å². The number of thiazole rings is 1. The molecule has 4 atom stereocenters. The van der Waals surface area contributed by atoms with Gasteiger partial charge in [-0.25, -0.2) is 4.98 Å². The van der Waals surface area contributed by atoms with Gasteiger partial charge in [0.2, 0.25) is 23.6 Å². The third-order valence-corrected chi connectivity index (χ3v) is 7.48. The Hall–Kier alpha value is -3.31. The summed E-state index contributed by atoms with van der Waals surface area (Å²) in [5.74, 6) is -1.70. The number of nitrogens with zero attached hydrogens (tertiary/aromatic N) is 2. The molecule has 4 amide bonds. The van der Waals surface area contributed by atoms with Gasteiger partial charge in [0.25, 0.3) is 0 Å². The fourth-order valence-corrected chi connectivity index (χ4v) is 5.23. The second kappa shape index (κ2) is 12.0. The first-order valence-corrected chi connectivity index (χ1v) is 13.5. The van der Waals surface area contributed by atoms with Crippen LogP contribution in [0.3, 0.4) is 0 Å². The maximum atomic E-state index is 13.6. The molecule has 1 aromatic carbocycles. The van der Waals surface area contributed by atoms with Crippen molar-refractivity contribution in [1.82, 2.24) is 25.8 Å². The van der Waals surface area contributed by atoms with Crippen molar-refractivity contribution in [3.63, 3.8) is 0 Å². The van der Waals surface area contributed by atoms with E-state index in [-0.39, 0.29) is 31.3 Å². The van der Waals surface area contributed by atoms with Crippen molar-refractivity contribution in [2.24, 2.45) is 5.41 Å². The van der Waals surface area contributed by atoms with Gasteiger partial charge in [0.15, 0.2) is 0 Å². The van der Waals surface area contributed by atoms with Crippen molar-refractivity contribution in [2.45, 2.75) is 78.7 Å². The van der Waals surface area contributed by atoms with Crippen molar-refractivity contribution in [3.05, 3.63) is 41.0 Å². The number of hydrogen-bond donors (Lipinski definition) is 4. The number of hydrogen-bond acceptors (Lipinski definition) is 7. The third kappa shape index (κ3) is 7.16. The van der Waals surface area contributed by atoms with Gasteiger partial charge < -0.3 is 26.0 Å². The van der Waals surface area contributed by atoms with Gasteiger partial charge in [-0.1, -0.05) is 45.0 Å². The minimum absolute atomic E-state index is 0.0104. The number of carbonyl (C=O) groups is 4. The number of aliphatic hydroxyl groups excluding tert-OH is 1. The molecule has 4 N–H and O–H groups in total. The summed E-state index contributed by atoms with van der Waals surface area (Å²) in [6.07, 6.45) is -0.750. The fourth-order valence-electron chi connectivity index (χ4n) is 4.42. The Morgan fingerprint density at radius 2 is 1.82 bits per heavy atom. The van der Waals surface area contributed by atoms with E-state index in [0.717, 1.165) is 21.7 Å². The molecular formula is C27H37N5O5S. The van der Waals surface area contributed by atoms with Gasteiger partial charge in [-0.05, 0) is 30.4 Å². The van der Waals surface area contributed by atoms with Crippen LogP contribution >= 0.6 is 11.3 Å². The average Bonchev–Trinajstić information content (AvgIpc) is 3.45. The van der Waals surface area contributed by atoms with Crippen LogP contribution in [-0.2, 0) is 25.7 Å². The number of nitrogens with one attached hydrogen (secondary N) is 3. The molecule has 0 aliphatic carbocycles. The monoisotopic (exact) mass is 543 g/mol. The van der Waals surface area contributed by atoms with Gasteiger partial charge in [-0.3, -0.25) is 19.2 Å². The smallest absolute Gasteiger partial charge is 0.246 e. The number of aryl methyl sites for hydroxylation is 1. The number of amides is 4. The molecule has 38 heavy (non-hydrogen) atoms. The average molecular weight is 544 g/mol. The molecule has 1 aromatic heterocycles. The summed E-state index contributed by atoms with van der Waals surface area (Å²) in [5.41, 5.74) is 4.04. The number of likely N-dealkylation sites (tertiary alicyclic amines) is 1. The molecule has 1 aliphatic rings. The van der Waals surface area contributed by atoms with Crippen molar-refractivity contribution in [2.75, 3.05) is 6.54 Å². The summed E-state index contributed by atoms with van der Waals surface area (Å²) in [4.78, 5) is 57.5. The zero-order chi connectivity index (χ0) is 28.2. The predicted molar refractivity (Wildman–Crippen MR) is 145 cm³/mol. The van der Waals surface area contributed by atoms with Crippen LogP contribution < -0.4 is 16.0 Å². The SMILES string of the molecule is CC(=O)NC(C)C(=O)NC(C(=O)N1CC(O)CC1C(=O)NCc1ccc(-c2scnc2C)cc1)C(C)(C)C. The van der Waals surface area contributed by atoms with E-state index in [0.29, 0.717) is 0 Å². The number of aromatic nitrogens is 1. The van der Waals surface area contributed by atoms with Crippen LogP contribution in [-0.4, -0.2) is 69.4 Å². The van der Waals surface area contributed by atoms with Gasteiger partial charge in [0.05, 0.1) is 22.2 Å². The van der Waals surface area contributed by atoms with Crippen LogP contribution in [0.25, 0.3) is 10.4 Å². The summed E-state index contributed by atoms with van der Waals surface area (Å²) < 4.78 is 0. The molecule has 2 heterocycles. The van der Waals surface area contributed by atoms with E-state index in [4.69, 9.17) is 0 Å². The lowest BCUT2D eigenvalue weighted by Crippen LogP contribution is -2.60. The fraction of sp³-hybridized carbons (Fsp3) is 0.519. The Morgan fingerprint density at radius 3 is 2.37 bits per heavy atom. The van der Waals surface area contributed by atoms with Crippen molar-refractivity contribution in [3.8, 4) is 10.4 Å². The third-order valence-electron chi connectivity index (χ3n) is 6.51. The van der Waals surface area contributed by atoms with Gasteiger partial charge in [-0.15, -0.1) is 11.3 Å². The molecule has 4 unspecified atom stereocenters. The topological polar surface area (TPSA) is 141 Å². The molecule has 10 nitrogen and oxygen atoms in total. The Labute approximate surface area is 227 Å². The molecule has 1 aliphatic heterocycles. The molecule has 206 valence electrons. The summed E-state index contributed by atoms with van der Waals surface area (Å²) in [7, 11) is 0. The second-order valence-corrected chi connectivity index (χ2v) is 11.7. The van der Waals surface area contributed by atoms with Crippen LogP contribution in [0, 0.1) is 12.3 Å². The number of benzene rings is 1. The Kier molecular flexibility index (Phi) is 9.26. The summed E-state index contributed by atoms with van der Waals surface area (Å²) in [6.45, 7) is 10.5. The largest absolute Gasteiger partial charge is 0.391 e. The highest BCUT2D eigenvalue weighted by atomic mass is 32.1. The van der Waals surface area contributed by atoms with Crippen LogP contribution in [0.4, 0.5) is 0 Å². The molecular weight excluding hydrogens is 506 g/mol. The van der Waals surface area contributed by atoms with Crippen molar-refractivity contribution >= 4 is 35.0 Å². The van der Waals surface area contributed by atoms with Crippen molar-refractivity contribution in [1.29, 1.82) is 0 Å². The molecule has 1 saturated heterocycles. The van der Waals surface area contributed by atoms with E-state index in [1.807, 2.05) is 31.2 Å². The normalized spacial score (nSPS) is 19.0. The van der Waals surface area contributed by atoms with Crippen LogP contribution in [0.2, 0.25) is 0 Å². The molecule has 2 aromatic rings. The van der Waals surface area contributed by atoms with Crippen LogP contribution in [0.1, 0.15) is 52.3 Å². The first-order valence-electron chi connectivity index (χ1n) is 12.6. The standard InChI is InChI=1S/C27H37N5O5S/c1-15-22(38-14-29-15)19-9-7-18(8-10-19)12-28-25(36)21-11-20(34)13-32(21)26(37)23(27(4,5)6)31-24(35)16(2)30-17(3)33/h7-10,14,16,20-21,23,34H,11-13H2,1-6H3,(H,28,36)(H,30,33)(H,31,35). The summed E-state index contributed by atoms with van der Waals surface area (Å²) >= 11 is 1.57. The zero-order valence-electron chi connectivity index (χ0n) is 22.7. The summed E-state index contributed by atoms with van der Waals surface area (Å²) in [5, 5.41) is 18.5. The molecule has 3 rings (SSSR count). The Bertz CT molecular complexity index is 1170. The minimum atomic E-state index is -0.963. The van der Waals surface area contributed by atoms with E-state index >= 15 is 0 Å². The lowest BCUT2D eigenvalue weighted by Gasteiger charge is -2.35. The van der Waals surface area contributed by atoms with E-state index in [1.165, 1.54) is 18.7 Å². The number of rotatable bonds is 8. The van der Waals surface area contributed by atoms with E-state index in [2.05, 4.69) is 20.9 Å². The van der Waals surface area contributed by atoms with E-state index < -0.39 is 41.5 Å². The van der Waals surface area contributed by atoms with Crippen LogP contribution in [0.5, 0.6) is 0 Å².